The first kappa shape index (κ1) is 18.2. The minimum absolute atomic E-state index is 0.913. The molecule has 0 spiro atoms. The van der Waals surface area contributed by atoms with Crippen molar-refractivity contribution >= 4 is 17.8 Å². The Morgan fingerprint density at radius 2 is 1.08 bits per heavy atom. The Balaban J connectivity index is 0.000000198. The summed E-state index contributed by atoms with van der Waals surface area (Å²) in [5, 5.41) is 1.83. The average Bonchev–Trinajstić information content (AvgIpc) is 2.60. The smallest absolute Gasteiger partial charge is 0.140 e. The van der Waals surface area contributed by atoms with Crippen molar-refractivity contribution in [2.45, 2.75) is 20.8 Å². The molecule has 1 nitrogen and oxygen atoms in total. The fraction of sp³-hybridized carbons (Fsp3) is 0.182. The van der Waals surface area contributed by atoms with E-state index < -0.39 is 7.14 Å². The Kier molecular flexibility index (Phi) is 6.17. The molecule has 0 fully saturated rings. The maximum Gasteiger partial charge on any atom is 0.140 e. The number of rotatable bonds is 2. The van der Waals surface area contributed by atoms with Gasteiger partial charge in [-0.3, -0.25) is 0 Å². The third kappa shape index (κ3) is 4.69. The number of hydrogen-bond acceptors (Lipinski definition) is 1. The van der Waals surface area contributed by atoms with Gasteiger partial charge in [0.15, 0.2) is 0 Å². The van der Waals surface area contributed by atoms with Crippen LogP contribution in [0.15, 0.2) is 78.9 Å². The molecule has 0 aliphatic rings. The van der Waals surface area contributed by atoms with Gasteiger partial charge in [0.1, 0.15) is 7.14 Å². The molecule has 0 saturated heterocycles. The molecule has 3 aromatic rings. The summed E-state index contributed by atoms with van der Waals surface area (Å²) in [4.78, 5) is 0. The molecular formula is C22H25OP. The van der Waals surface area contributed by atoms with Crippen LogP contribution < -0.4 is 10.6 Å². The van der Waals surface area contributed by atoms with E-state index in [1.807, 2.05) is 67.3 Å². The first-order valence-corrected chi connectivity index (χ1v) is 10.3. The van der Waals surface area contributed by atoms with E-state index in [0.29, 0.717) is 0 Å². The van der Waals surface area contributed by atoms with Gasteiger partial charge < -0.3 is 4.57 Å². The van der Waals surface area contributed by atoms with Crippen LogP contribution >= 0.6 is 7.14 Å². The zero-order valence-electron chi connectivity index (χ0n) is 14.9. The highest BCUT2D eigenvalue weighted by Gasteiger charge is 2.19. The Hall–Kier alpha value is -2.11. The molecule has 0 aromatic heterocycles. The SMILES string of the molecule is CP(=O)(c1ccccc1)c1ccccc1.Cc1ccc(C)c(C)c1. The number of hydrogen-bond donors (Lipinski definition) is 0. The van der Waals surface area contributed by atoms with Crippen LogP contribution in [0.3, 0.4) is 0 Å². The minimum Gasteiger partial charge on any atom is -0.314 e. The van der Waals surface area contributed by atoms with Crippen molar-refractivity contribution < 1.29 is 4.57 Å². The Morgan fingerprint density at radius 3 is 1.46 bits per heavy atom. The molecule has 124 valence electrons. The standard InChI is InChI=1S/C13H13OP.C9H12/c1-15(14,12-8-4-2-5-9-12)13-10-6-3-7-11-13;1-7-4-5-8(2)9(3)6-7/h2-11H,1H3;4-6H,1-3H3. The van der Waals surface area contributed by atoms with E-state index in [1.54, 1.807) is 0 Å². The molecule has 24 heavy (non-hydrogen) atoms. The summed E-state index contributed by atoms with van der Waals surface area (Å²) in [5.74, 6) is 0. The molecule has 0 aliphatic carbocycles. The van der Waals surface area contributed by atoms with Gasteiger partial charge in [-0.25, -0.2) is 0 Å². The second-order valence-electron chi connectivity index (χ2n) is 6.18. The molecule has 3 rings (SSSR count). The summed E-state index contributed by atoms with van der Waals surface area (Å²) in [6.07, 6.45) is 0. The molecule has 3 aromatic carbocycles. The van der Waals surface area contributed by atoms with Crippen molar-refractivity contribution in [1.82, 2.24) is 0 Å². The monoisotopic (exact) mass is 336 g/mol. The van der Waals surface area contributed by atoms with Gasteiger partial charge in [-0.15, -0.1) is 0 Å². The first-order chi connectivity index (χ1) is 11.4. The van der Waals surface area contributed by atoms with Gasteiger partial charge in [-0.1, -0.05) is 84.4 Å². The van der Waals surface area contributed by atoms with Crippen LogP contribution in [0.4, 0.5) is 0 Å². The normalized spacial score (nSPS) is 10.7. The van der Waals surface area contributed by atoms with Gasteiger partial charge >= 0.3 is 0 Å². The van der Waals surface area contributed by atoms with Crippen molar-refractivity contribution in [2.24, 2.45) is 0 Å². The molecule has 0 bridgehead atoms. The van der Waals surface area contributed by atoms with Crippen LogP contribution in [0.5, 0.6) is 0 Å². The lowest BCUT2D eigenvalue weighted by molar-refractivity contribution is 0.590. The Bertz CT molecular complexity index is 780. The molecule has 2 heteroatoms. The van der Waals surface area contributed by atoms with Crippen LogP contribution in [-0.4, -0.2) is 6.66 Å². The van der Waals surface area contributed by atoms with Crippen molar-refractivity contribution in [3.05, 3.63) is 95.6 Å². The zero-order valence-corrected chi connectivity index (χ0v) is 15.8. The van der Waals surface area contributed by atoms with Crippen LogP contribution in [0, 0.1) is 20.8 Å². The summed E-state index contributed by atoms with van der Waals surface area (Å²) >= 11 is 0. The minimum atomic E-state index is -2.40. The average molecular weight is 336 g/mol. The fourth-order valence-corrected chi connectivity index (χ4v) is 4.25. The summed E-state index contributed by atoms with van der Waals surface area (Å²) in [5.41, 5.74) is 4.11. The quantitative estimate of drug-likeness (QED) is 0.585. The summed E-state index contributed by atoms with van der Waals surface area (Å²) in [6, 6.07) is 25.8. The molecule has 0 N–H and O–H groups in total. The van der Waals surface area contributed by atoms with E-state index >= 15 is 0 Å². The third-order valence-corrected chi connectivity index (χ3v) is 6.73. The molecule has 0 atom stereocenters. The summed E-state index contributed by atoms with van der Waals surface area (Å²) < 4.78 is 12.6. The molecular weight excluding hydrogens is 311 g/mol. The van der Waals surface area contributed by atoms with Crippen molar-refractivity contribution in [1.29, 1.82) is 0 Å². The second kappa shape index (κ2) is 8.13. The molecule has 0 unspecified atom stereocenters. The largest absolute Gasteiger partial charge is 0.314 e. The topological polar surface area (TPSA) is 17.1 Å². The first-order valence-electron chi connectivity index (χ1n) is 8.14. The summed E-state index contributed by atoms with van der Waals surface area (Å²) in [7, 11) is -2.40. The maximum absolute atomic E-state index is 12.6. The second-order valence-corrected chi connectivity index (χ2v) is 9.06. The van der Waals surface area contributed by atoms with E-state index in [2.05, 4.69) is 39.0 Å². The lowest BCUT2D eigenvalue weighted by Gasteiger charge is -2.13. The molecule has 0 saturated carbocycles. The maximum atomic E-state index is 12.6. The van der Waals surface area contributed by atoms with Gasteiger partial charge in [-0.05, 0) is 38.6 Å². The third-order valence-electron chi connectivity index (χ3n) is 4.16. The highest BCUT2D eigenvalue weighted by Crippen LogP contribution is 2.38. The number of benzene rings is 3. The number of aryl methyl sites for hydroxylation is 3. The molecule has 0 radical (unpaired) electrons. The highest BCUT2D eigenvalue weighted by molar-refractivity contribution is 7.78. The van der Waals surface area contributed by atoms with Crippen LogP contribution in [0.1, 0.15) is 16.7 Å². The van der Waals surface area contributed by atoms with Gasteiger partial charge in [0.2, 0.25) is 0 Å². The van der Waals surface area contributed by atoms with Crippen molar-refractivity contribution in [3.8, 4) is 0 Å². The lowest BCUT2D eigenvalue weighted by Crippen LogP contribution is -2.14. The van der Waals surface area contributed by atoms with E-state index in [0.717, 1.165) is 10.6 Å². The predicted octanol–water partition coefficient (Wildman–Crippen LogP) is 5.24. The summed E-state index contributed by atoms with van der Waals surface area (Å²) in [6.45, 7) is 8.21. The van der Waals surface area contributed by atoms with Gasteiger partial charge in [0.05, 0.1) is 0 Å². The lowest BCUT2D eigenvalue weighted by atomic mass is 10.1. The molecule has 0 aliphatic heterocycles. The Morgan fingerprint density at radius 1 is 0.625 bits per heavy atom. The fourth-order valence-electron chi connectivity index (χ4n) is 2.47. The van der Waals surface area contributed by atoms with Gasteiger partial charge in [0, 0.05) is 10.6 Å². The zero-order chi connectivity index (χ0) is 17.6. The molecule has 0 heterocycles. The van der Waals surface area contributed by atoms with E-state index in [1.165, 1.54) is 16.7 Å². The van der Waals surface area contributed by atoms with Gasteiger partial charge in [-0.2, -0.15) is 0 Å². The Labute approximate surface area is 145 Å². The molecule has 0 amide bonds. The van der Waals surface area contributed by atoms with Crippen LogP contribution in [0.25, 0.3) is 0 Å². The van der Waals surface area contributed by atoms with E-state index in [9.17, 15) is 4.57 Å². The van der Waals surface area contributed by atoms with Crippen LogP contribution in [-0.2, 0) is 4.57 Å². The van der Waals surface area contributed by atoms with Gasteiger partial charge in [0.25, 0.3) is 0 Å². The van der Waals surface area contributed by atoms with E-state index in [-0.39, 0.29) is 0 Å². The van der Waals surface area contributed by atoms with E-state index in [4.69, 9.17) is 0 Å². The van der Waals surface area contributed by atoms with Crippen LogP contribution in [0.2, 0.25) is 0 Å². The highest BCUT2D eigenvalue weighted by atomic mass is 31.2. The predicted molar refractivity (Wildman–Crippen MR) is 106 cm³/mol. The van der Waals surface area contributed by atoms with Crippen molar-refractivity contribution in [3.63, 3.8) is 0 Å². The van der Waals surface area contributed by atoms with Crippen molar-refractivity contribution in [2.75, 3.05) is 6.66 Å².